The van der Waals surface area contributed by atoms with E-state index in [4.69, 9.17) is 4.74 Å². The average Bonchev–Trinajstić information content (AvgIpc) is 2.68. The predicted octanol–water partition coefficient (Wildman–Crippen LogP) is 2.70. The molecule has 1 aliphatic heterocycles. The van der Waals surface area contributed by atoms with Crippen molar-refractivity contribution in [3.05, 3.63) is 71.3 Å². The Bertz CT molecular complexity index is 864. The summed E-state index contributed by atoms with van der Waals surface area (Å²) in [6.07, 6.45) is 1.46. The third-order valence-electron chi connectivity index (χ3n) is 4.10. The number of barbiturate groups is 1. The Kier molecular flexibility index (Phi) is 4.84. The molecule has 0 aromatic heterocycles. The number of hydrogen-bond donors (Lipinski definition) is 0. The molecule has 2 aromatic carbocycles. The summed E-state index contributed by atoms with van der Waals surface area (Å²) < 4.78 is 5.85. The van der Waals surface area contributed by atoms with Crippen LogP contribution < -0.4 is 4.74 Å². The van der Waals surface area contributed by atoms with E-state index in [0.29, 0.717) is 17.9 Å². The maximum atomic E-state index is 12.3. The minimum absolute atomic E-state index is 0.0784. The van der Waals surface area contributed by atoms with Gasteiger partial charge in [-0.3, -0.25) is 19.4 Å². The van der Waals surface area contributed by atoms with E-state index in [1.807, 2.05) is 36.4 Å². The molecule has 0 unspecified atom stereocenters. The molecule has 6 heteroatoms. The number of hydrogen-bond acceptors (Lipinski definition) is 4. The van der Waals surface area contributed by atoms with Gasteiger partial charge in [-0.2, -0.15) is 0 Å². The zero-order chi connectivity index (χ0) is 18.7. The Morgan fingerprint density at radius 2 is 1.42 bits per heavy atom. The fourth-order valence-corrected chi connectivity index (χ4v) is 2.60. The summed E-state index contributed by atoms with van der Waals surface area (Å²) in [5.41, 5.74) is 1.52. The minimum atomic E-state index is -0.647. The van der Waals surface area contributed by atoms with Gasteiger partial charge in [0.25, 0.3) is 11.8 Å². The van der Waals surface area contributed by atoms with Gasteiger partial charge in [0.05, 0.1) is 0 Å². The van der Waals surface area contributed by atoms with Crippen molar-refractivity contribution in [1.82, 2.24) is 9.80 Å². The lowest BCUT2D eigenvalue weighted by atomic mass is 10.1. The lowest BCUT2D eigenvalue weighted by Gasteiger charge is -2.29. The van der Waals surface area contributed by atoms with E-state index in [1.165, 1.54) is 20.2 Å². The van der Waals surface area contributed by atoms with Crippen LogP contribution in [-0.2, 0) is 16.2 Å². The highest BCUT2D eigenvalue weighted by atomic mass is 16.5. The molecule has 0 bridgehead atoms. The van der Waals surface area contributed by atoms with Crippen molar-refractivity contribution in [1.29, 1.82) is 0 Å². The maximum Gasteiger partial charge on any atom is 0.333 e. The highest BCUT2D eigenvalue weighted by Gasteiger charge is 2.37. The zero-order valence-electron chi connectivity index (χ0n) is 14.5. The van der Waals surface area contributed by atoms with Gasteiger partial charge in [-0.1, -0.05) is 48.5 Å². The molecule has 0 aliphatic carbocycles. The third kappa shape index (κ3) is 3.35. The molecule has 6 nitrogen and oxygen atoms in total. The molecule has 26 heavy (non-hydrogen) atoms. The van der Waals surface area contributed by atoms with Crippen molar-refractivity contribution in [3.8, 4) is 5.75 Å². The van der Waals surface area contributed by atoms with Gasteiger partial charge in [-0.15, -0.1) is 0 Å². The molecule has 1 fully saturated rings. The molecule has 132 valence electrons. The number of carbonyl (C=O) groups excluding carboxylic acids is 3. The second kappa shape index (κ2) is 7.23. The largest absolute Gasteiger partial charge is 0.488 e. The number of carbonyl (C=O) groups is 3. The molecule has 4 amide bonds. The quantitative estimate of drug-likeness (QED) is 0.628. The molecule has 1 aliphatic rings. The Morgan fingerprint density at radius 3 is 2.08 bits per heavy atom. The second-order valence-electron chi connectivity index (χ2n) is 5.88. The number of ether oxygens (including phenoxy) is 1. The van der Waals surface area contributed by atoms with Crippen LogP contribution in [0.1, 0.15) is 11.1 Å². The van der Waals surface area contributed by atoms with Gasteiger partial charge in [0, 0.05) is 19.7 Å². The lowest BCUT2D eigenvalue weighted by Crippen LogP contribution is -2.52. The second-order valence-corrected chi connectivity index (χ2v) is 5.88. The van der Waals surface area contributed by atoms with Crippen LogP contribution >= 0.6 is 0 Å². The summed E-state index contributed by atoms with van der Waals surface area (Å²) >= 11 is 0. The van der Waals surface area contributed by atoms with Crippen LogP contribution in [-0.4, -0.2) is 41.7 Å². The summed E-state index contributed by atoms with van der Waals surface area (Å²) in [6.45, 7) is 0.362. The van der Waals surface area contributed by atoms with Crippen molar-refractivity contribution in [3.63, 3.8) is 0 Å². The fourth-order valence-electron chi connectivity index (χ4n) is 2.60. The van der Waals surface area contributed by atoms with Crippen LogP contribution in [0.5, 0.6) is 5.75 Å². The first kappa shape index (κ1) is 17.4. The normalized spacial score (nSPS) is 14.7. The molecule has 0 N–H and O–H groups in total. The van der Waals surface area contributed by atoms with Crippen LogP contribution in [0.3, 0.4) is 0 Å². The van der Waals surface area contributed by atoms with Gasteiger partial charge in [-0.05, 0) is 17.7 Å². The number of urea groups is 1. The maximum absolute atomic E-state index is 12.3. The van der Waals surface area contributed by atoms with Crippen LogP contribution in [0.25, 0.3) is 6.08 Å². The van der Waals surface area contributed by atoms with E-state index in [2.05, 4.69) is 0 Å². The summed E-state index contributed by atoms with van der Waals surface area (Å²) in [4.78, 5) is 38.3. The molecule has 3 rings (SSSR count). The highest BCUT2D eigenvalue weighted by Crippen LogP contribution is 2.25. The Labute approximate surface area is 151 Å². The van der Waals surface area contributed by atoms with Crippen molar-refractivity contribution >= 4 is 23.9 Å². The number of amides is 4. The lowest BCUT2D eigenvalue weighted by molar-refractivity contribution is -0.134. The summed E-state index contributed by atoms with van der Waals surface area (Å²) in [5, 5.41) is 0. The smallest absolute Gasteiger partial charge is 0.333 e. The molecule has 0 atom stereocenters. The molecule has 2 aromatic rings. The van der Waals surface area contributed by atoms with E-state index >= 15 is 0 Å². The van der Waals surface area contributed by atoms with Crippen molar-refractivity contribution in [2.45, 2.75) is 6.61 Å². The van der Waals surface area contributed by atoms with Gasteiger partial charge in [-0.25, -0.2) is 4.79 Å². The Morgan fingerprint density at radius 1 is 0.846 bits per heavy atom. The third-order valence-corrected chi connectivity index (χ3v) is 4.10. The number of benzene rings is 2. The van der Waals surface area contributed by atoms with Gasteiger partial charge in [0.1, 0.15) is 17.9 Å². The average molecular weight is 350 g/mol. The van der Waals surface area contributed by atoms with Gasteiger partial charge in [0.2, 0.25) is 0 Å². The van der Waals surface area contributed by atoms with Crippen molar-refractivity contribution in [2.75, 3.05) is 14.1 Å². The standard InChI is InChI=1S/C20H18N2O4/c1-21-18(23)16(19(24)22(2)20(21)25)12-15-10-6-7-11-17(15)26-13-14-8-4-3-5-9-14/h3-12H,13H2,1-2H3. The van der Waals surface area contributed by atoms with E-state index in [-0.39, 0.29) is 5.57 Å². The first-order valence-electron chi connectivity index (χ1n) is 8.06. The number of nitrogens with zero attached hydrogens (tertiary/aromatic N) is 2. The van der Waals surface area contributed by atoms with Gasteiger partial charge in [0.15, 0.2) is 0 Å². The number of rotatable bonds is 4. The van der Waals surface area contributed by atoms with Gasteiger partial charge >= 0.3 is 6.03 Å². The molecule has 0 radical (unpaired) electrons. The van der Waals surface area contributed by atoms with Crippen molar-refractivity contribution in [2.24, 2.45) is 0 Å². The van der Waals surface area contributed by atoms with E-state index in [0.717, 1.165) is 15.4 Å². The SMILES string of the molecule is CN1C(=O)C(=Cc2ccccc2OCc2ccccc2)C(=O)N(C)C1=O. The Hall–Kier alpha value is -3.41. The summed E-state index contributed by atoms with van der Waals surface area (Å²) in [6, 6.07) is 16.2. The van der Waals surface area contributed by atoms with Gasteiger partial charge < -0.3 is 4.74 Å². The molecular formula is C20H18N2O4. The highest BCUT2D eigenvalue weighted by molar-refractivity contribution is 6.30. The predicted molar refractivity (Wildman–Crippen MR) is 96.1 cm³/mol. The van der Waals surface area contributed by atoms with Crippen molar-refractivity contribution < 1.29 is 19.1 Å². The first-order chi connectivity index (χ1) is 12.5. The summed E-state index contributed by atoms with van der Waals surface area (Å²) in [5.74, 6) is -0.710. The molecule has 0 spiro atoms. The number of likely N-dealkylation sites (N-methyl/N-ethyl adjacent to an activating group) is 2. The van der Waals surface area contributed by atoms with Crippen LogP contribution in [0.15, 0.2) is 60.2 Å². The fraction of sp³-hybridized carbons (Fsp3) is 0.150. The molecule has 0 saturated carbocycles. The van der Waals surface area contributed by atoms with Crippen LogP contribution in [0, 0.1) is 0 Å². The molecule has 1 heterocycles. The van der Waals surface area contributed by atoms with E-state index < -0.39 is 17.8 Å². The number of para-hydroxylation sites is 1. The van der Waals surface area contributed by atoms with Crippen LogP contribution in [0.2, 0.25) is 0 Å². The number of imide groups is 2. The Balaban J connectivity index is 1.90. The summed E-state index contributed by atoms with van der Waals surface area (Å²) in [7, 11) is 2.69. The minimum Gasteiger partial charge on any atom is -0.488 e. The monoisotopic (exact) mass is 350 g/mol. The van der Waals surface area contributed by atoms with E-state index in [9.17, 15) is 14.4 Å². The van der Waals surface area contributed by atoms with E-state index in [1.54, 1.807) is 18.2 Å². The van der Waals surface area contributed by atoms with Crippen LogP contribution in [0.4, 0.5) is 4.79 Å². The topological polar surface area (TPSA) is 66.9 Å². The first-order valence-corrected chi connectivity index (χ1v) is 8.06. The zero-order valence-corrected chi connectivity index (χ0v) is 14.5. The molecule has 1 saturated heterocycles. The molecular weight excluding hydrogens is 332 g/mol.